The van der Waals surface area contributed by atoms with E-state index in [2.05, 4.69) is 194 Å². The zero-order chi connectivity index (χ0) is 41.0. The van der Waals surface area contributed by atoms with Crippen LogP contribution < -0.4 is 0 Å². The molecular weight excluding hydrogens is 755 g/mol. The maximum absolute atomic E-state index is 6.39. The van der Waals surface area contributed by atoms with Gasteiger partial charge in [0.15, 0.2) is 17.5 Å². The van der Waals surface area contributed by atoms with Gasteiger partial charge in [0, 0.05) is 27.5 Å². The van der Waals surface area contributed by atoms with E-state index in [9.17, 15) is 0 Å². The van der Waals surface area contributed by atoms with Gasteiger partial charge in [-0.1, -0.05) is 182 Å². The molecule has 4 nitrogen and oxygen atoms in total. The van der Waals surface area contributed by atoms with Crippen molar-refractivity contribution in [1.82, 2.24) is 15.0 Å². The van der Waals surface area contributed by atoms with Crippen molar-refractivity contribution in [3.63, 3.8) is 0 Å². The van der Waals surface area contributed by atoms with Gasteiger partial charge in [0.1, 0.15) is 11.2 Å². The quantitative estimate of drug-likeness (QED) is 0.161. The van der Waals surface area contributed by atoms with Crippen LogP contribution in [-0.4, -0.2) is 15.0 Å². The number of para-hydroxylation sites is 1. The van der Waals surface area contributed by atoms with Crippen molar-refractivity contribution in [3.8, 4) is 67.5 Å². The molecule has 0 atom stereocenters. The lowest BCUT2D eigenvalue weighted by Gasteiger charge is -2.34. The molecule has 2 aromatic heterocycles. The lowest BCUT2D eigenvalue weighted by atomic mass is 9.67. The molecule has 0 bridgehead atoms. The predicted molar refractivity (Wildman–Crippen MR) is 252 cm³/mol. The Bertz CT molecular complexity index is 3350. The van der Waals surface area contributed by atoms with E-state index in [0.29, 0.717) is 17.5 Å². The summed E-state index contributed by atoms with van der Waals surface area (Å²) in [6, 6.07) is 79.4. The standard InChI is InChI=1S/C58H37N3O/c1-5-17-38(18-6-1)42-33-43(39-19-7-2-8-20-39)35-44(34-42)57-60-55(59-56(61-57)41-30-32-50-49-26-14-16-28-53(49)62-54(50)37-41)40-29-31-48-47-25-13-15-27-51(47)58(52(48)36-40,45-21-9-3-10-22-45)46-23-11-4-12-24-46/h1-37H. The highest BCUT2D eigenvalue weighted by molar-refractivity contribution is 6.05. The molecule has 290 valence electrons. The van der Waals surface area contributed by atoms with Crippen LogP contribution in [0.25, 0.3) is 89.5 Å². The highest BCUT2D eigenvalue weighted by Gasteiger charge is 2.46. The Balaban J connectivity index is 1.11. The molecule has 0 fully saturated rings. The van der Waals surface area contributed by atoms with Crippen LogP contribution in [0.1, 0.15) is 22.3 Å². The fraction of sp³-hybridized carbons (Fsp3) is 0.0172. The average molecular weight is 792 g/mol. The minimum atomic E-state index is -0.565. The van der Waals surface area contributed by atoms with Crippen molar-refractivity contribution < 1.29 is 4.42 Å². The van der Waals surface area contributed by atoms with Gasteiger partial charge >= 0.3 is 0 Å². The summed E-state index contributed by atoms with van der Waals surface area (Å²) in [6.45, 7) is 0. The van der Waals surface area contributed by atoms with Gasteiger partial charge in [-0.3, -0.25) is 0 Å². The smallest absolute Gasteiger partial charge is 0.164 e. The minimum Gasteiger partial charge on any atom is -0.456 e. The number of fused-ring (bicyclic) bond motifs is 6. The zero-order valence-corrected chi connectivity index (χ0v) is 33.6. The Morgan fingerprint density at radius 3 is 1.40 bits per heavy atom. The van der Waals surface area contributed by atoms with E-state index in [4.69, 9.17) is 19.4 Å². The third-order valence-corrected chi connectivity index (χ3v) is 12.4. The highest BCUT2D eigenvalue weighted by atomic mass is 16.3. The molecule has 0 aliphatic heterocycles. The Morgan fingerprint density at radius 1 is 0.290 bits per heavy atom. The van der Waals surface area contributed by atoms with Crippen molar-refractivity contribution in [2.24, 2.45) is 0 Å². The van der Waals surface area contributed by atoms with Crippen LogP contribution >= 0.6 is 0 Å². The van der Waals surface area contributed by atoms with Gasteiger partial charge in [-0.15, -0.1) is 0 Å². The second-order valence-electron chi connectivity index (χ2n) is 15.9. The fourth-order valence-corrected chi connectivity index (χ4v) is 9.56. The van der Waals surface area contributed by atoms with Gasteiger partial charge in [-0.25, -0.2) is 15.0 Å². The molecule has 1 aliphatic carbocycles. The summed E-state index contributed by atoms with van der Waals surface area (Å²) >= 11 is 0. The average Bonchev–Trinajstić information content (AvgIpc) is 3.88. The van der Waals surface area contributed by atoms with Gasteiger partial charge in [0.05, 0.1) is 5.41 Å². The third-order valence-electron chi connectivity index (χ3n) is 12.4. The molecule has 0 amide bonds. The van der Waals surface area contributed by atoms with Crippen molar-refractivity contribution in [1.29, 1.82) is 0 Å². The largest absolute Gasteiger partial charge is 0.456 e. The molecule has 4 heteroatoms. The number of benzene rings is 9. The summed E-state index contributed by atoms with van der Waals surface area (Å²) in [7, 11) is 0. The first-order valence-electron chi connectivity index (χ1n) is 21.0. The summed E-state index contributed by atoms with van der Waals surface area (Å²) in [5.74, 6) is 1.75. The molecule has 0 unspecified atom stereocenters. The zero-order valence-electron chi connectivity index (χ0n) is 33.6. The van der Waals surface area contributed by atoms with Crippen molar-refractivity contribution in [2.75, 3.05) is 0 Å². The lowest BCUT2D eigenvalue weighted by Crippen LogP contribution is -2.28. The molecular formula is C58H37N3O. The van der Waals surface area contributed by atoms with Crippen molar-refractivity contribution >= 4 is 21.9 Å². The number of nitrogens with zero attached hydrogens (tertiary/aromatic N) is 3. The Hall–Kier alpha value is -8.21. The third kappa shape index (κ3) is 5.80. The van der Waals surface area contributed by atoms with E-state index >= 15 is 0 Å². The number of rotatable bonds is 7. The van der Waals surface area contributed by atoms with Crippen LogP contribution in [0.4, 0.5) is 0 Å². The van der Waals surface area contributed by atoms with E-state index in [1.165, 1.54) is 33.4 Å². The molecule has 0 saturated heterocycles. The Kier molecular flexibility index (Phi) is 8.36. The van der Waals surface area contributed by atoms with Crippen LogP contribution in [0, 0.1) is 0 Å². The van der Waals surface area contributed by atoms with Gasteiger partial charge in [0.25, 0.3) is 0 Å². The normalized spacial score (nSPS) is 12.6. The summed E-state index contributed by atoms with van der Waals surface area (Å²) in [5, 5.41) is 2.13. The number of hydrogen-bond acceptors (Lipinski definition) is 4. The Morgan fingerprint density at radius 2 is 0.758 bits per heavy atom. The predicted octanol–water partition coefficient (Wildman–Crippen LogP) is 14.5. The fourth-order valence-electron chi connectivity index (χ4n) is 9.56. The van der Waals surface area contributed by atoms with Gasteiger partial charge in [-0.2, -0.15) is 0 Å². The SMILES string of the molecule is c1ccc(-c2cc(-c3ccccc3)cc(-c3nc(-c4ccc5c(c4)C(c4ccccc4)(c4ccccc4)c4ccccc4-5)nc(-c4ccc5c(c4)oc4ccccc45)n3)c2)cc1. The van der Waals surface area contributed by atoms with Gasteiger partial charge in [-0.05, 0) is 98.1 Å². The minimum absolute atomic E-state index is 0.565. The van der Waals surface area contributed by atoms with Crippen LogP contribution in [0.5, 0.6) is 0 Å². The number of aromatic nitrogens is 3. The molecule has 2 heterocycles. The summed E-state index contributed by atoms with van der Waals surface area (Å²) < 4.78 is 6.39. The first-order chi connectivity index (χ1) is 30.7. The second-order valence-corrected chi connectivity index (χ2v) is 15.9. The van der Waals surface area contributed by atoms with Crippen LogP contribution in [-0.2, 0) is 5.41 Å². The van der Waals surface area contributed by atoms with Crippen molar-refractivity contribution in [3.05, 3.63) is 247 Å². The van der Waals surface area contributed by atoms with E-state index < -0.39 is 5.41 Å². The molecule has 0 saturated carbocycles. The number of furan rings is 1. The first kappa shape index (κ1) is 35.7. The molecule has 0 radical (unpaired) electrons. The van der Waals surface area contributed by atoms with E-state index in [1.54, 1.807) is 0 Å². The van der Waals surface area contributed by atoms with Crippen LogP contribution in [0.3, 0.4) is 0 Å². The Labute approximate surface area is 359 Å². The summed E-state index contributed by atoms with van der Waals surface area (Å²) in [6.07, 6.45) is 0. The maximum atomic E-state index is 6.39. The molecule has 0 N–H and O–H groups in total. The molecule has 12 rings (SSSR count). The first-order valence-corrected chi connectivity index (χ1v) is 21.0. The molecule has 11 aromatic rings. The second kappa shape index (κ2) is 14.5. The lowest BCUT2D eigenvalue weighted by molar-refractivity contribution is 0.669. The van der Waals surface area contributed by atoms with E-state index in [1.807, 2.05) is 30.3 Å². The van der Waals surface area contributed by atoms with Gasteiger partial charge in [0.2, 0.25) is 0 Å². The summed E-state index contributed by atoms with van der Waals surface area (Å²) in [4.78, 5) is 16.0. The van der Waals surface area contributed by atoms with Gasteiger partial charge < -0.3 is 4.42 Å². The molecule has 0 spiro atoms. The monoisotopic (exact) mass is 791 g/mol. The van der Waals surface area contributed by atoms with Crippen LogP contribution in [0.15, 0.2) is 229 Å². The molecule has 1 aliphatic rings. The number of hydrogen-bond donors (Lipinski definition) is 0. The van der Waals surface area contributed by atoms with E-state index in [0.717, 1.165) is 60.9 Å². The summed E-state index contributed by atoms with van der Waals surface area (Å²) in [5.41, 5.74) is 15.4. The topological polar surface area (TPSA) is 51.8 Å². The van der Waals surface area contributed by atoms with Crippen LogP contribution in [0.2, 0.25) is 0 Å². The van der Waals surface area contributed by atoms with Crippen molar-refractivity contribution in [2.45, 2.75) is 5.41 Å². The highest BCUT2D eigenvalue weighted by Crippen LogP contribution is 2.56. The van der Waals surface area contributed by atoms with E-state index in [-0.39, 0.29) is 0 Å². The maximum Gasteiger partial charge on any atom is 0.164 e. The molecule has 62 heavy (non-hydrogen) atoms. The molecule has 9 aromatic carbocycles.